The number of rotatable bonds is 3. The Bertz CT molecular complexity index is 798. The van der Waals surface area contributed by atoms with Gasteiger partial charge in [-0.15, -0.1) is 0 Å². The Balaban J connectivity index is 1.65. The lowest BCUT2D eigenvalue weighted by Gasteiger charge is -2.45. The number of halogens is 3. The summed E-state index contributed by atoms with van der Waals surface area (Å²) in [5.74, 6) is 0. The number of hydrogen-bond acceptors (Lipinski definition) is 2. The van der Waals surface area contributed by atoms with Crippen molar-refractivity contribution in [1.82, 2.24) is 9.88 Å². The second kappa shape index (κ2) is 6.88. The van der Waals surface area contributed by atoms with E-state index in [2.05, 4.69) is 22.0 Å². The van der Waals surface area contributed by atoms with Gasteiger partial charge in [-0.2, -0.15) is 13.2 Å². The highest BCUT2D eigenvalue weighted by atomic mass is 19.4. The lowest BCUT2D eigenvalue weighted by molar-refractivity contribution is -0.141. The van der Waals surface area contributed by atoms with Crippen molar-refractivity contribution < 1.29 is 13.2 Å². The lowest BCUT2D eigenvalue weighted by atomic mass is 9.82. The summed E-state index contributed by atoms with van der Waals surface area (Å²) in [6.45, 7) is 0.846. The van der Waals surface area contributed by atoms with Crippen molar-refractivity contribution in [1.29, 1.82) is 0 Å². The van der Waals surface area contributed by atoms with Crippen LogP contribution in [0.2, 0.25) is 0 Å². The van der Waals surface area contributed by atoms with E-state index in [9.17, 15) is 13.2 Å². The van der Waals surface area contributed by atoms with Crippen LogP contribution in [0.25, 0.3) is 5.57 Å². The van der Waals surface area contributed by atoms with E-state index in [0.717, 1.165) is 31.4 Å². The van der Waals surface area contributed by atoms with Crippen molar-refractivity contribution in [2.45, 2.75) is 50.5 Å². The average molecular weight is 358 g/mol. The van der Waals surface area contributed by atoms with Crippen molar-refractivity contribution >= 4 is 5.57 Å². The largest absolute Gasteiger partial charge is 0.433 e. The SMILES string of the molecule is FC(F)(F)c1ncccc1C1=CC2CCCC(C1)N2Cc1ccccc1. The molecule has 0 radical (unpaired) electrons. The molecule has 3 heterocycles. The number of nitrogens with zero attached hydrogens (tertiary/aromatic N) is 2. The number of piperidine rings is 1. The average Bonchev–Trinajstić information content (AvgIpc) is 2.62. The van der Waals surface area contributed by atoms with Gasteiger partial charge in [0, 0.05) is 30.4 Å². The topological polar surface area (TPSA) is 16.1 Å². The first-order valence-corrected chi connectivity index (χ1v) is 9.05. The van der Waals surface area contributed by atoms with Gasteiger partial charge < -0.3 is 0 Å². The maximum atomic E-state index is 13.4. The predicted octanol–water partition coefficient (Wildman–Crippen LogP) is 5.31. The summed E-state index contributed by atoms with van der Waals surface area (Å²) in [6.07, 6.45) is 2.65. The molecule has 1 aromatic carbocycles. The van der Waals surface area contributed by atoms with Crippen LogP contribution in [0, 0.1) is 0 Å². The monoisotopic (exact) mass is 358 g/mol. The number of aromatic nitrogens is 1. The molecule has 2 aliphatic heterocycles. The molecule has 0 spiro atoms. The summed E-state index contributed by atoms with van der Waals surface area (Å²) < 4.78 is 40.1. The Labute approximate surface area is 151 Å². The minimum atomic E-state index is -4.42. The van der Waals surface area contributed by atoms with Gasteiger partial charge in [0.05, 0.1) is 0 Å². The number of benzene rings is 1. The van der Waals surface area contributed by atoms with Crippen LogP contribution in [0.5, 0.6) is 0 Å². The predicted molar refractivity (Wildman–Crippen MR) is 95.2 cm³/mol. The van der Waals surface area contributed by atoms with Crippen LogP contribution in [0.3, 0.4) is 0 Å². The summed E-state index contributed by atoms with van der Waals surface area (Å²) in [5, 5.41) is 0. The first kappa shape index (κ1) is 17.3. The molecule has 1 saturated heterocycles. The number of alkyl halides is 3. The molecule has 0 saturated carbocycles. The summed E-state index contributed by atoms with van der Waals surface area (Å²) >= 11 is 0. The maximum Gasteiger partial charge on any atom is 0.433 e. The van der Waals surface area contributed by atoms with E-state index < -0.39 is 11.9 Å². The summed E-state index contributed by atoms with van der Waals surface area (Å²) in [7, 11) is 0. The Hall–Kier alpha value is -2.14. The maximum absolute atomic E-state index is 13.4. The van der Waals surface area contributed by atoms with Crippen LogP contribution in [-0.2, 0) is 12.7 Å². The fourth-order valence-electron chi connectivity index (χ4n) is 4.25. The molecule has 2 unspecified atom stereocenters. The normalized spacial score (nSPS) is 23.6. The number of fused-ring (bicyclic) bond motifs is 2. The van der Waals surface area contributed by atoms with Gasteiger partial charge in [0.25, 0.3) is 0 Å². The van der Waals surface area contributed by atoms with Crippen LogP contribution < -0.4 is 0 Å². The number of hydrogen-bond donors (Lipinski definition) is 0. The Morgan fingerprint density at radius 2 is 1.85 bits per heavy atom. The van der Waals surface area contributed by atoms with Crippen molar-refractivity contribution in [3.8, 4) is 0 Å². The van der Waals surface area contributed by atoms with Gasteiger partial charge in [-0.1, -0.05) is 48.9 Å². The third-order valence-corrected chi connectivity index (χ3v) is 5.41. The van der Waals surface area contributed by atoms with Gasteiger partial charge in [-0.3, -0.25) is 9.88 Å². The minimum absolute atomic E-state index is 0.194. The zero-order valence-corrected chi connectivity index (χ0v) is 14.4. The van der Waals surface area contributed by atoms with Crippen LogP contribution in [-0.4, -0.2) is 22.0 Å². The molecule has 0 aliphatic carbocycles. The van der Waals surface area contributed by atoms with E-state index in [1.165, 1.54) is 11.8 Å². The number of pyridine rings is 1. The molecule has 2 nitrogen and oxygen atoms in total. The zero-order chi connectivity index (χ0) is 18.1. The van der Waals surface area contributed by atoms with E-state index in [-0.39, 0.29) is 17.6 Å². The van der Waals surface area contributed by atoms with E-state index in [0.29, 0.717) is 6.42 Å². The Morgan fingerprint density at radius 1 is 1.04 bits per heavy atom. The minimum Gasteiger partial charge on any atom is -0.289 e. The van der Waals surface area contributed by atoms with Crippen LogP contribution in [0.1, 0.15) is 42.5 Å². The molecule has 2 aromatic rings. The molecule has 1 aromatic heterocycles. The molecule has 0 amide bonds. The molecule has 2 bridgehead atoms. The van der Waals surface area contributed by atoms with Gasteiger partial charge in [0.1, 0.15) is 0 Å². The molecular formula is C21H21F3N2. The van der Waals surface area contributed by atoms with Gasteiger partial charge >= 0.3 is 6.18 Å². The van der Waals surface area contributed by atoms with Crippen LogP contribution >= 0.6 is 0 Å². The second-order valence-electron chi connectivity index (χ2n) is 7.10. The molecular weight excluding hydrogens is 337 g/mol. The second-order valence-corrected chi connectivity index (χ2v) is 7.10. The molecule has 136 valence electrons. The molecule has 1 fully saturated rings. The first-order valence-electron chi connectivity index (χ1n) is 9.05. The molecule has 2 aliphatic rings. The highest BCUT2D eigenvalue weighted by Gasteiger charge is 2.39. The van der Waals surface area contributed by atoms with Crippen molar-refractivity contribution in [2.24, 2.45) is 0 Å². The molecule has 0 N–H and O–H groups in total. The third-order valence-electron chi connectivity index (χ3n) is 5.41. The van der Waals surface area contributed by atoms with E-state index >= 15 is 0 Å². The standard InChI is InChI=1S/C21H21F3N2/c22-21(23,24)20-19(10-5-11-25-20)16-12-17-8-4-9-18(13-16)26(17)14-15-6-2-1-3-7-15/h1-3,5-7,10-12,17-18H,4,8-9,13-14H2. The zero-order valence-electron chi connectivity index (χ0n) is 14.4. The van der Waals surface area contributed by atoms with Crippen LogP contribution in [0.15, 0.2) is 54.7 Å². The third kappa shape index (κ3) is 3.40. The Kier molecular flexibility index (Phi) is 4.57. The van der Waals surface area contributed by atoms with Crippen LogP contribution in [0.4, 0.5) is 13.2 Å². The van der Waals surface area contributed by atoms with Crippen molar-refractivity contribution in [3.05, 3.63) is 71.6 Å². The fraction of sp³-hybridized carbons (Fsp3) is 0.381. The van der Waals surface area contributed by atoms with Gasteiger partial charge in [-0.05, 0) is 36.5 Å². The van der Waals surface area contributed by atoms with E-state index in [1.54, 1.807) is 12.1 Å². The molecule has 5 heteroatoms. The smallest absolute Gasteiger partial charge is 0.289 e. The molecule has 2 atom stereocenters. The molecule has 4 rings (SSSR count). The first-order chi connectivity index (χ1) is 12.5. The van der Waals surface area contributed by atoms with Crippen molar-refractivity contribution in [3.63, 3.8) is 0 Å². The summed E-state index contributed by atoms with van der Waals surface area (Å²) in [6, 6.07) is 13.9. The van der Waals surface area contributed by atoms with Gasteiger partial charge in [-0.25, -0.2) is 0 Å². The fourth-order valence-corrected chi connectivity index (χ4v) is 4.25. The quantitative estimate of drug-likeness (QED) is 0.739. The highest BCUT2D eigenvalue weighted by molar-refractivity contribution is 5.69. The highest BCUT2D eigenvalue weighted by Crippen LogP contribution is 2.41. The van der Waals surface area contributed by atoms with E-state index in [1.807, 2.05) is 24.3 Å². The van der Waals surface area contributed by atoms with E-state index in [4.69, 9.17) is 0 Å². The summed E-state index contributed by atoms with van der Waals surface area (Å²) in [5.41, 5.74) is 1.53. The summed E-state index contributed by atoms with van der Waals surface area (Å²) in [4.78, 5) is 6.08. The van der Waals surface area contributed by atoms with Gasteiger partial charge in [0.15, 0.2) is 5.69 Å². The molecule has 26 heavy (non-hydrogen) atoms. The van der Waals surface area contributed by atoms with Crippen molar-refractivity contribution in [2.75, 3.05) is 0 Å². The Morgan fingerprint density at radius 3 is 2.58 bits per heavy atom. The van der Waals surface area contributed by atoms with Gasteiger partial charge in [0.2, 0.25) is 0 Å². The lowest BCUT2D eigenvalue weighted by Crippen LogP contribution is -2.47.